The van der Waals surface area contributed by atoms with Gasteiger partial charge in [0.25, 0.3) is 0 Å². The lowest BCUT2D eigenvalue weighted by atomic mass is 10.3. The maximum atomic E-state index is 11.4. The summed E-state index contributed by atoms with van der Waals surface area (Å²) in [5, 5.41) is 15.9. The normalized spacial score (nSPS) is 12.6. The van der Waals surface area contributed by atoms with Crippen LogP contribution < -0.4 is 10.4 Å². The summed E-state index contributed by atoms with van der Waals surface area (Å²) < 4.78 is 11.3. The Hall–Kier alpha value is -0.710. The van der Waals surface area contributed by atoms with Crippen LogP contribution in [0.3, 0.4) is 0 Å². The molecule has 0 aliphatic carbocycles. The average molecular weight is 280 g/mol. The van der Waals surface area contributed by atoms with Crippen LogP contribution >= 0.6 is 23.2 Å². The Morgan fingerprint density at radius 1 is 1.38 bits per heavy atom. The zero-order valence-electron chi connectivity index (χ0n) is 8.79. The molecule has 0 aliphatic rings. The van der Waals surface area contributed by atoms with Gasteiger partial charge >= 0.3 is 0 Å². The van der Waals surface area contributed by atoms with Gasteiger partial charge in [-0.05, 0) is 18.2 Å². The number of hydrogen-bond donors (Lipinski definition) is 1. The molecule has 1 aromatic carbocycles. The van der Waals surface area contributed by atoms with Gasteiger partial charge in [-0.1, -0.05) is 23.2 Å². The summed E-state index contributed by atoms with van der Waals surface area (Å²) in [6.07, 6.45) is 2.98. The fourth-order valence-electron chi connectivity index (χ4n) is 1.00. The molecule has 0 heterocycles. The van der Waals surface area contributed by atoms with Crippen molar-refractivity contribution >= 4 is 38.8 Å². The first-order valence-corrected chi connectivity index (χ1v) is 7.52. The van der Waals surface area contributed by atoms with Crippen molar-refractivity contribution in [3.63, 3.8) is 0 Å². The van der Waals surface area contributed by atoms with Gasteiger partial charge in [0.1, 0.15) is 27.9 Å². The molecule has 0 saturated carbocycles. The van der Waals surface area contributed by atoms with Gasteiger partial charge in [0, 0.05) is 11.6 Å². The van der Waals surface area contributed by atoms with Crippen LogP contribution in [-0.4, -0.2) is 12.5 Å². The van der Waals surface area contributed by atoms with Crippen molar-refractivity contribution in [3.8, 4) is 0 Å². The summed E-state index contributed by atoms with van der Waals surface area (Å²) in [5.41, 5.74) is 0.513. The molecule has 1 N–H and O–H groups in total. The molecule has 0 fully saturated rings. The van der Waals surface area contributed by atoms with Gasteiger partial charge in [-0.2, -0.15) is 0 Å². The molecule has 0 aromatic heterocycles. The molecule has 88 valence electrons. The van der Waals surface area contributed by atoms with Crippen LogP contribution in [0, 0.1) is 0 Å². The van der Waals surface area contributed by atoms with Crippen LogP contribution in [0.15, 0.2) is 29.5 Å². The molecule has 0 spiro atoms. The number of halogens is 2. The highest BCUT2D eigenvalue weighted by Crippen LogP contribution is 2.25. The largest absolute Gasteiger partial charge is 0.857 e. The molecule has 0 saturated heterocycles. The summed E-state index contributed by atoms with van der Waals surface area (Å²) in [6, 6.07) is 4.73. The molecule has 3 nitrogen and oxygen atoms in total. The second-order valence-corrected chi connectivity index (χ2v) is 7.21. The van der Waals surface area contributed by atoms with Crippen molar-refractivity contribution in [1.82, 2.24) is 0 Å². The van der Waals surface area contributed by atoms with Crippen molar-refractivity contribution in [1.29, 1.82) is 0 Å². The van der Waals surface area contributed by atoms with Gasteiger partial charge in [0.2, 0.25) is 0 Å². The Morgan fingerprint density at radius 3 is 2.50 bits per heavy atom. The molecule has 6 heteroatoms. The third-order valence-corrected chi connectivity index (χ3v) is 3.10. The molecule has 0 radical (unpaired) electrons. The second kappa shape index (κ2) is 5.08. The van der Waals surface area contributed by atoms with Gasteiger partial charge in [-0.15, -0.1) is 4.21 Å². The SMILES string of the molecule is C[S+](C)(=O)/C=C(\[O-])Nc1ccc(Cl)c(Cl)c1. The van der Waals surface area contributed by atoms with E-state index in [-0.39, 0.29) is 0 Å². The van der Waals surface area contributed by atoms with E-state index in [0.717, 1.165) is 5.41 Å². The Labute approximate surface area is 105 Å². The Balaban J connectivity index is 2.85. The molecule has 16 heavy (non-hydrogen) atoms. The average Bonchev–Trinajstić information content (AvgIpc) is 2.08. The summed E-state index contributed by atoms with van der Waals surface area (Å²) in [7, 11) is -2.21. The molecular weight excluding hydrogens is 269 g/mol. The maximum Gasteiger partial charge on any atom is 0.130 e. The van der Waals surface area contributed by atoms with Gasteiger partial charge < -0.3 is 10.4 Å². The number of hydrogen-bond acceptors (Lipinski definition) is 3. The van der Waals surface area contributed by atoms with Crippen molar-refractivity contribution in [2.24, 2.45) is 0 Å². The standard InChI is InChI=1S/C10H11Cl2NO2S/c1-16(2,15)6-10(14)13-7-3-4-8(11)9(12)5-7/h3-6H,1-2H3,(H-,13,14,15). The van der Waals surface area contributed by atoms with E-state index < -0.39 is 15.8 Å². The van der Waals surface area contributed by atoms with Crippen molar-refractivity contribution in [2.75, 3.05) is 17.8 Å². The molecule has 0 bridgehead atoms. The first-order chi connectivity index (χ1) is 7.28. The van der Waals surface area contributed by atoms with Crippen molar-refractivity contribution < 1.29 is 9.32 Å². The van der Waals surface area contributed by atoms with Crippen LogP contribution in [0.5, 0.6) is 0 Å². The topological polar surface area (TPSA) is 52.2 Å². The van der Waals surface area contributed by atoms with Crippen LogP contribution in [0.2, 0.25) is 10.0 Å². The van der Waals surface area contributed by atoms with E-state index in [9.17, 15) is 9.32 Å². The predicted molar refractivity (Wildman–Crippen MR) is 68.1 cm³/mol. The second-order valence-electron chi connectivity index (χ2n) is 3.55. The van der Waals surface area contributed by atoms with Crippen LogP contribution in [0.25, 0.3) is 0 Å². The predicted octanol–water partition coefficient (Wildman–Crippen LogP) is 2.32. The first kappa shape index (κ1) is 13.4. The van der Waals surface area contributed by atoms with Crippen molar-refractivity contribution in [2.45, 2.75) is 0 Å². The minimum Gasteiger partial charge on any atom is -0.857 e. The number of nitrogens with one attached hydrogen (secondary N) is 1. The molecule has 1 rings (SSSR count). The van der Waals surface area contributed by atoms with Gasteiger partial charge in [0.05, 0.1) is 10.0 Å². The van der Waals surface area contributed by atoms with E-state index >= 15 is 0 Å². The van der Waals surface area contributed by atoms with E-state index in [2.05, 4.69) is 5.32 Å². The summed E-state index contributed by atoms with van der Waals surface area (Å²) in [4.78, 5) is 0. The molecule has 0 unspecified atom stereocenters. The fourth-order valence-corrected chi connectivity index (χ4v) is 1.88. The monoisotopic (exact) mass is 279 g/mol. The number of benzene rings is 1. The van der Waals surface area contributed by atoms with Crippen LogP contribution in [0.4, 0.5) is 5.69 Å². The summed E-state index contributed by atoms with van der Waals surface area (Å²) in [5.74, 6) is -0.423. The molecule has 1 aromatic rings. The van der Waals surface area contributed by atoms with Gasteiger partial charge in [-0.3, -0.25) is 0 Å². The maximum absolute atomic E-state index is 11.4. The third-order valence-electron chi connectivity index (χ3n) is 1.58. The van der Waals surface area contributed by atoms with Crippen LogP contribution in [-0.2, 0) is 14.1 Å². The zero-order chi connectivity index (χ0) is 12.3. The number of rotatable bonds is 3. The quantitative estimate of drug-likeness (QED) is 0.683. The smallest absolute Gasteiger partial charge is 0.130 e. The van der Waals surface area contributed by atoms with E-state index in [0.29, 0.717) is 15.7 Å². The Morgan fingerprint density at radius 2 is 2.00 bits per heavy atom. The van der Waals surface area contributed by atoms with Gasteiger partial charge in [-0.25, -0.2) is 0 Å². The summed E-state index contributed by atoms with van der Waals surface area (Å²) >= 11 is 11.5. The lowest BCUT2D eigenvalue weighted by molar-refractivity contribution is -0.299. The molecule has 0 aliphatic heterocycles. The highest BCUT2D eigenvalue weighted by atomic mass is 35.5. The van der Waals surface area contributed by atoms with E-state index in [4.69, 9.17) is 23.2 Å². The van der Waals surface area contributed by atoms with E-state index in [1.54, 1.807) is 12.1 Å². The molecular formula is C10H11Cl2NO2S. The third kappa shape index (κ3) is 4.43. The highest BCUT2D eigenvalue weighted by Gasteiger charge is 2.07. The van der Waals surface area contributed by atoms with Gasteiger partial charge in [0.15, 0.2) is 0 Å². The first-order valence-electron chi connectivity index (χ1n) is 4.33. The van der Waals surface area contributed by atoms with E-state index in [1.165, 1.54) is 18.6 Å². The fraction of sp³-hybridized carbons (Fsp3) is 0.200. The highest BCUT2D eigenvalue weighted by molar-refractivity contribution is 8.04. The Bertz CT molecular complexity index is 468. The Kier molecular flexibility index (Phi) is 4.24. The zero-order valence-corrected chi connectivity index (χ0v) is 11.1. The van der Waals surface area contributed by atoms with E-state index in [1.807, 2.05) is 0 Å². The lowest BCUT2D eigenvalue weighted by Gasteiger charge is -2.14. The van der Waals surface area contributed by atoms with Crippen molar-refractivity contribution in [3.05, 3.63) is 39.5 Å². The minimum atomic E-state index is -2.21. The van der Waals surface area contributed by atoms with Crippen LogP contribution in [0.1, 0.15) is 0 Å². The molecule has 0 amide bonds. The lowest BCUT2D eigenvalue weighted by Crippen LogP contribution is -2.17. The summed E-state index contributed by atoms with van der Waals surface area (Å²) in [6.45, 7) is 0. The minimum absolute atomic E-state index is 0.355. The number of anilines is 1. The molecule has 0 atom stereocenters.